The van der Waals surface area contributed by atoms with Gasteiger partial charge >= 0.3 is 0 Å². The first-order valence-corrected chi connectivity index (χ1v) is 9.00. The first-order valence-electron chi connectivity index (χ1n) is 9.00. The Morgan fingerprint density at radius 2 is 1.59 bits per heavy atom. The average molecular weight is 360 g/mol. The van der Waals surface area contributed by atoms with Gasteiger partial charge in [0.25, 0.3) is 5.91 Å². The van der Waals surface area contributed by atoms with Crippen molar-refractivity contribution in [3.63, 3.8) is 0 Å². The Morgan fingerprint density at radius 1 is 0.889 bits per heavy atom. The van der Waals surface area contributed by atoms with Crippen molar-refractivity contribution in [2.75, 3.05) is 10.6 Å². The predicted octanol–water partition coefficient (Wildman–Crippen LogP) is 5.21. The van der Waals surface area contributed by atoms with Crippen molar-refractivity contribution in [2.24, 2.45) is 0 Å². The van der Waals surface area contributed by atoms with Crippen LogP contribution in [-0.4, -0.2) is 15.9 Å². The summed E-state index contributed by atoms with van der Waals surface area (Å²) in [4.78, 5) is 20.9. The molecule has 27 heavy (non-hydrogen) atoms. The fourth-order valence-corrected chi connectivity index (χ4v) is 2.62. The molecule has 0 fully saturated rings. The molecule has 5 heteroatoms. The van der Waals surface area contributed by atoms with E-state index in [0.29, 0.717) is 11.7 Å². The lowest BCUT2D eigenvalue weighted by atomic mass is 10.0. The third-order valence-corrected chi connectivity index (χ3v) is 4.50. The Balaban J connectivity index is 1.65. The molecule has 1 heterocycles. The average Bonchev–Trinajstić information content (AvgIpc) is 2.66. The molecule has 0 aliphatic heterocycles. The smallest absolute Gasteiger partial charge is 0.275 e. The van der Waals surface area contributed by atoms with E-state index in [1.807, 2.05) is 30.3 Å². The fraction of sp³-hybridized carbons (Fsp3) is 0.227. The van der Waals surface area contributed by atoms with Crippen molar-refractivity contribution < 1.29 is 4.79 Å². The van der Waals surface area contributed by atoms with Crippen LogP contribution in [-0.2, 0) is 0 Å². The van der Waals surface area contributed by atoms with Crippen LogP contribution in [0.3, 0.4) is 0 Å². The van der Waals surface area contributed by atoms with Gasteiger partial charge in [0.05, 0.1) is 12.4 Å². The second kappa shape index (κ2) is 7.99. The van der Waals surface area contributed by atoms with Gasteiger partial charge in [0, 0.05) is 11.4 Å². The molecule has 1 amide bonds. The summed E-state index contributed by atoms with van der Waals surface area (Å²) in [6.45, 7) is 8.41. The third kappa shape index (κ3) is 4.70. The van der Waals surface area contributed by atoms with Gasteiger partial charge in [0.2, 0.25) is 0 Å². The van der Waals surface area contributed by atoms with Gasteiger partial charge in [0.1, 0.15) is 11.5 Å². The minimum atomic E-state index is -0.280. The zero-order valence-electron chi connectivity index (χ0n) is 16.1. The molecule has 1 aromatic heterocycles. The Hall–Kier alpha value is -3.21. The summed E-state index contributed by atoms with van der Waals surface area (Å²) in [7, 11) is 0. The largest absolute Gasteiger partial charge is 0.339 e. The molecule has 0 atom stereocenters. The van der Waals surface area contributed by atoms with Crippen LogP contribution in [0.1, 0.15) is 46.9 Å². The maximum atomic E-state index is 12.4. The summed E-state index contributed by atoms with van der Waals surface area (Å²) < 4.78 is 0. The molecule has 3 aromatic rings. The summed E-state index contributed by atoms with van der Waals surface area (Å²) in [6, 6.07) is 13.9. The molecule has 2 N–H and O–H groups in total. The van der Waals surface area contributed by atoms with Crippen LogP contribution in [0.4, 0.5) is 17.2 Å². The van der Waals surface area contributed by atoms with Crippen molar-refractivity contribution in [3.05, 3.63) is 77.2 Å². The second-order valence-corrected chi connectivity index (χ2v) is 6.94. The highest BCUT2D eigenvalue weighted by molar-refractivity contribution is 6.02. The van der Waals surface area contributed by atoms with Crippen LogP contribution in [0.5, 0.6) is 0 Å². The van der Waals surface area contributed by atoms with Crippen LogP contribution in [0, 0.1) is 13.8 Å². The quantitative estimate of drug-likeness (QED) is 0.655. The van der Waals surface area contributed by atoms with Gasteiger partial charge in [-0.15, -0.1) is 0 Å². The molecule has 0 radical (unpaired) electrons. The number of hydrogen-bond donors (Lipinski definition) is 2. The molecule has 0 bridgehead atoms. The Morgan fingerprint density at radius 3 is 2.19 bits per heavy atom. The molecular formula is C22H24N4O. The first-order chi connectivity index (χ1) is 12.9. The monoisotopic (exact) mass is 360 g/mol. The van der Waals surface area contributed by atoms with E-state index in [-0.39, 0.29) is 11.6 Å². The van der Waals surface area contributed by atoms with E-state index in [9.17, 15) is 4.79 Å². The molecule has 0 unspecified atom stereocenters. The molecule has 0 aliphatic carbocycles. The molecule has 5 nitrogen and oxygen atoms in total. The van der Waals surface area contributed by atoms with E-state index in [2.05, 4.69) is 60.4 Å². The minimum Gasteiger partial charge on any atom is -0.339 e. The first kappa shape index (κ1) is 18.6. The predicted molar refractivity (Wildman–Crippen MR) is 110 cm³/mol. The minimum absolute atomic E-state index is 0.272. The van der Waals surface area contributed by atoms with E-state index in [0.717, 1.165) is 11.4 Å². The van der Waals surface area contributed by atoms with Gasteiger partial charge in [-0.25, -0.2) is 9.97 Å². The van der Waals surface area contributed by atoms with Crippen molar-refractivity contribution in [1.29, 1.82) is 0 Å². The Kier molecular flexibility index (Phi) is 5.50. The van der Waals surface area contributed by atoms with Crippen LogP contribution in [0.25, 0.3) is 0 Å². The number of rotatable bonds is 5. The maximum Gasteiger partial charge on any atom is 0.275 e. The summed E-state index contributed by atoms with van der Waals surface area (Å²) in [5.41, 5.74) is 5.62. The van der Waals surface area contributed by atoms with Gasteiger partial charge in [0.15, 0.2) is 0 Å². The van der Waals surface area contributed by atoms with Crippen LogP contribution < -0.4 is 10.6 Å². The standard InChI is InChI=1S/C22H24N4O/c1-14(2)17-6-9-18(10-7-17)26-22(27)20-12-24-21(13-23-20)25-19-8-5-15(3)16(4)11-19/h5-14H,1-4H3,(H,24,25)(H,26,27). The van der Waals surface area contributed by atoms with E-state index < -0.39 is 0 Å². The van der Waals surface area contributed by atoms with Gasteiger partial charge in [-0.3, -0.25) is 4.79 Å². The molecule has 0 aliphatic rings. The van der Waals surface area contributed by atoms with Gasteiger partial charge in [-0.05, 0) is 60.7 Å². The molecular weight excluding hydrogens is 336 g/mol. The zero-order valence-corrected chi connectivity index (χ0v) is 16.1. The van der Waals surface area contributed by atoms with Gasteiger partial charge in [-0.2, -0.15) is 0 Å². The highest BCUT2D eigenvalue weighted by atomic mass is 16.1. The lowest BCUT2D eigenvalue weighted by Crippen LogP contribution is -2.14. The maximum absolute atomic E-state index is 12.4. The zero-order chi connectivity index (χ0) is 19.4. The SMILES string of the molecule is Cc1ccc(Nc2cnc(C(=O)Nc3ccc(C(C)C)cc3)cn2)cc1C. The topological polar surface area (TPSA) is 66.9 Å². The lowest BCUT2D eigenvalue weighted by molar-refractivity contribution is 0.102. The van der Waals surface area contributed by atoms with Crippen molar-refractivity contribution in [2.45, 2.75) is 33.6 Å². The normalized spacial score (nSPS) is 10.7. The molecule has 2 aromatic carbocycles. The molecule has 138 valence electrons. The van der Waals surface area contributed by atoms with Crippen molar-refractivity contribution in [3.8, 4) is 0 Å². The molecule has 3 rings (SSSR count). The summed E-state index contributed by atoms with van der Waals surface area (Å²) in [5.74, 6) is 0.770. The third-order valence-electron chi connectivity index (χ3n) is 4.50. The number of carbonyl (C=O) groups excluding carboxylic acids is 1. The number of carbonyl (C=O) groups is 1. The number of anilines is 3. The molecule has 0 spiro atoms. The second-order valence-electron chi connectivity index (χ2n) is 6.94. The molecule has 0 saturated heterocycles. The van der Waals surface area contributed by atoms with Crippen LogP contribution in [0.2, 0.25) is 0 Å². The van der Waals surface area contributed by atoms with E-state index in [1.165, 1.54) is 22.9 Å². The Labute approximate surface area is 159 Å². The van der Waals surface area contributed by atoms with Gasteiger partial charge in [-0.1, -0.05) is 32.0 Å². The Bertz CT molecular complexity index is 932. The number of benzene rings is 2. The van der Waals surface area contributed by atoms with E-state index in [1.54, 1.807) is 6.20 Å². The lowest BCUT2D eigenvalue weighted by Gasteiger charge is -2.09. The summed E-state index contributed by atoms with van der Waals surface area (Å²) in [6.07, 6.45) is 3.03. The van der Waals surface area contributed by atoms with E-state index in [4.69, 9.17) is 0 Å². The highest BCUT2D eigenvalue weighted by Crippen LogP contribution is 2.19. The van der Waals surface area contributed by atoms with Crippen LogP contribution >= 0.6 is 0 Å². The number of aromatic nitrogens is 2. The number of aryl methyl sites for hydroxylation is 2. The van der Waals surface area contributed by atoms with E-state index >= 15 is 0 Å². The number of hydrogen-bond acceptors (Lipinski definition) is 4. The highest BCUT2D eigenvalue weighted by Gasteiger charge is 2.09. The van der Waals surface area contributed by atoms with Crippen molar-refractivity contribution in [1.82, 2.24) is 9.97 Å². The number of nitrogens with one attached hydrogen (secondary N) is 2. The van der Waals surface area contributed by atoms with Crippen LogP contribution in [0.15, 0.2) is 54.9 Å². The molecule has 0 saturated carbocycles. The number of amides is 1. The fourth-order valence-electron chi connectivity index (χ4n) is 2.62. The van der Waals surface area contributed by atoms with Crippen molar-refractivity contribution >= 4 is 23.1 Å². The summed E-state index contributed by atoms with van der Waals surface area (Å²) >= 11 is 0. The summed E-state index contributed by atoms with van der Waals surface area (Å²) in [5, 5.41) is 6.04. The number of nitrogens with zero attached hydrogens (tertiary/aromatic N) is 2. The van der Waals surface area contributed by atoms with Gasteiger partial charge < -0.3 is 10.6 Å².